The first kappa shape index (κ1) is 10.1. The van der Waals surface area contributed by atoms with Crippen molar-refractivity contribution in [3.05, 3.63) is 47.5 Å². The number of rotatable bonds is 3. The SMILES string of the molecule is NC(Cn1cncn1)c1cccc(Cl)c1. The van der Waals surface area contributed by atoms with E-state index in [2.05, 4.69) is 10.1 Å². The van der Waals surface area contributed by atoms with E-state index in [0.717, 1.165) is 5.56 Å². The van der Waals surface area contributed by atoms with Gasteiger partial charge in [0.05, 0.1) is 6.54 Å². The van der Waals surface area contributed by atoms with E-state index in [9.17, 15) is 0 Å². The van der Waals surface area contributed by atoms with Crippen LogP contribution in [0.15, 0.2) is 36.9 Å². The van der Waals surface area contributed by atoms with Gasteiger partial charge < -0.3 is 5.73 Å². The maximum atomic E-state index is 6.01. The molecule has 0 fully saturated rings. The van der Waals surface area contributed by atoms with Gasteiger partial charge in [-0.25, -0.2) is 4.98 Å². The summed E-state index contributed by atoms with van der Waals surface area (Å²) in [4.78, 5) is 3.86. The largest absolute Gasteiger partial charge is 0.322 e. The van der Waals surface area contributed by atoms with Crippen LogP contribution in [-0.2, 0) is 6.54 Å². The maximum Gasteiger partial charge on any atom is 0.137 e. The molecular weight excluding hydrogens is 212 g/mol. The van der Waals surface area contributed by atoms with Gasteiger partial charge in [0.1, 0.15) is 12.7 Å². The van der Waals surface area contributed by atoms with Crippen LogP contribution in [0.3, 0.4) is 0 Å². The minimum absolute atomic E-state index is 0.120. The number of aromatic nitrogens is 3. The van der Waals surface area contributed by atoms with Gasteiger partial charge >= 0.3 is 0 Å². The van der Waals surface area contributed by atoms with E-state index >= 15 is 0 Å². The van der Waals surface area contributed by atoms with E-state index in [1.807, 2.05) is 24.3 Å². The minimum atomic E-state index is -0.120. The summed E-state index contributed by atoms with van der Waals surface area (Å²) in [6, 6.07) is 7.41. The highest BCUT2D eigenvalue weighted by Crippen LogP contribution is 2.16. The van der Waals surface area contributed by atoms with Crippen LogP contribution < -0.4 is 5.73 Å². The molecule has 2 N–H and O–H groups in total. The third-order valence-electron chi connectivity index (χ3n) is 2.13. The molecule has 4 nitrogen and oxygen atoms in total. The molecule has 1 heterocycles. The predicted molar refractivity (Wildman–Crippen MR) is 58.4 cm³/mol. The van der Waals surface area contributed by atoms with Gasteiger partial charge in [0, 0.05) is 11.1 Å². The van der Waals surface area contributed by atoms with Crippen molar-refractivity contribution in [2.24, 2.45) is 5.73 Å². The third kappa shape index (κ3) is 2.55. The second-order valence-electron chi connectivity index (χ2n) is 3.28. The molecule has 0 spiro atoms. The van der Waals surface area contributed by atoms with Crippen molar-refractivity contribution in [1.82, 2.24) is 14.8 Å². The van der Waals surface area contributed by atoms with E-state index in [-0.39, 0.29) is 6.04 Å². The van der Waals surface area contributed by atoms with Crippen molar-refractivity contribution in [1.29, 1.82) is 0 Å². The number of nitrogens with two attached hydrogens (primary N) is 1. The molecule has 1 aromatic heterocycles. The Hall–Kier alpha value is -1.39. The zero-order valence-electron chi connectivity index (χ0n) is 8.05. The molecule has 1 unspecified atom stereocenters. The number of nitrogens with zero attached hydrogens (tertiary/aromatic N) is 3. The quantitative estimate of drug-likeness (QED) is 0.859. The van der Waals surface area contributed by atoms with Crippen LogP contribution in [0.4, 0.5) is 0 Å². The number of benzene rings is 1. The second kappa shape index (κ2) is 4.42. The molecule has 15 heavy (non-hydrogen) atoms. The summed E-state index contributed by atoms with van der Waals surface area (Å²) in [7, 11) is 0. The molecule has 2 aromatic rings. The van der Waals surface area contributed by atoms with E-state index in [4.69, 9.17) is 17.3 Å². The average molecular weight is 223 g/mol. The molecule has 0 aliphatic rings. The summed E-state index contributed by atoms with van der Waals surface area (Å²) in [6.07, 6.45) is 3.13. The highest BCUT2D eigenvalue weighted by Gasteiger charge is 2.07. The molecule has 0 saturated heterocycles. The van der Waals surface area contributed by atoms with Gasteiger partial charge in [-0.05, 0) is 17.7 Å². The number of hydrogen-bond acceptors (Lipinski definition) is 3. The molecular formula is C10H11ClN4. The summed E-state index contributed by atoms with van der Waals surface area (Å²) >= 11 is 5.88. The van der Waals surface area contributed by atoms with Gasteiger partial charge in [-0.3, -0.25) is 4.68 Å². The summed E-state index contributed by atoms with van der Waals surface area (Å²) in [5, 5.41) is 4.69. The van der Waals surface area contributed by atoms with Gasteiger partial charge in [0.2, 0.25) is 0 Å². The fourth-order valence-electron chi connectivity index (χ4n) is 1.37. The Morgan fingerprint density at radius 2 is 2.33 bits per heavy atom. The normalized spacial score (nSPS) is 12.7. The zero-order valence-corrected chi connectivity index (χ0v) is 8.80. The van der Waals surface area contributed by atoms with Gasteiger partial charge in [-0.1, -0.05) is 23.7 Å². The molecule has 0 radical (unpaired) electrons. The topological polar surface area (TPSA) is 56.7 Å². The second-order valence-corrected chi connectivity index (χ2v) is 3.72. The van der Waals surface area contributed by atoms with E-state index < -0.39 is 0 Å². The highest BCUT2D eigenvalue weighted by molar-refractivity contribution is 6.30. The van der Waals surface area contributed by atoms with Crippen molar-refractivity contribution in [2.75, 3.05) is 0 Å². The number of halogens is 1. The monoisotopic (exact) mass is 222 g/mol. The van der Waals surface area contributed by atoms with Crippen LogP contribution in [-0.4, -0.2) is 14.8 Å². The third-order valence-corrected chi connectivity index (χ3v) is 2.36. The van der Waals surface area contributed by atoms with E-state index in [0.29, 0.717) is 11.6 Å². The van der Waals surface area contributed by atoms with Gasteiger partial charge in [-0.2, -0.15) is 5.10 Å². The lowest BCUT2D eigenvalue weighted by Crippen LogP contribution is -2.17. The average Bonchev–Trinajstić information content (AvgIpc) is 2.70. The molecule has 1 aromatic carbocycles. The lowest BCUT2D eigenvalue weighted by Gasteiger charge is -2.11. The molecule has 0 bridgehead atoms. The van der Waals surface area contributed by atoms with Crippen LogP contribution >= 0.6 is 11.6 Å². The van der Waals surface area contributed by atoms with Crippen LogP contribution in [0.25, 0.3) is 0 Å². The molecule has 0 aliphatic carbocycles. The molecule has 0 saturated carbocycles. The molecule has 5 heteroatoms. The Morgan fingerprint density at radius 1 is 1.47 bits per heavy atom. The lowest BCUT2D eigenvalue weighted by molar-refractivity contribution is 0.526. The molecule has 0 amide bonds. The van der Waals surface area contributed by atoms with Crippen LogP contribution in [0.2, 0.25) is 5.02 Å². The molecule has 1 atom stereocenters. The van der Waals surface area contributed by atoms with Crippen LogP contribution in [0.1, 0.15) is 11.6 Å². The maximum absolute atomic E-state index is 6.01. The minimum Gasteiger partial charge on any atom is -0.322 e. The molecule has 0 aliphatic heterocycles. The Bertz CT molecular complexity index is 427. The number of hydrogen-bond donors (Lipinski definition) is 1. The Labute approximate surface area is 92.7 Å². The van der Waals surface area contributed by atoms with Crippen molar-refractivity contribution in [3.63, 3.8) is 0 Å². The summed E-state index contributed by atoms with van der Waals surface area (Å²) in [5.74, 6) is 0. The van der Waals surface area contributed by atoms with Crippen molar-refractivity contribution < 1.29 is 0 Å². The van der Waals surface area contributed by atoms with Crippen LogP contribution in [0.5, 0.6) is 0 Å². The predicted octanol–water partition coefficient (Wildman–Crippen LogP) is 1.63. The van der Waals surface area contributed by atoms with Gasteiger partial charge in [-0.15, -0.1) is 0 Å². The van der Waals surface area contributed by atoms with Crippen molar-refractivity contribution in [2.45, 2.75) is 12.6 Å². The fraction of sp³-hybridized carbons (Fsp3) is 0.200. The smallest absolute Gasteiger partial charge is 0.137 e. The molecule has 78 valence electrons. The molecule has 2 rings (SSSR count). The Balaban J connectivity index is 2.11. The summed E-state index contributed by atoms with van der Waals surface area (Å²) < 4.78 is 1.70. The fourth-order valence-corrected chi connectivity index (χ4v) is 1.57. The first-order valence-electron chi connectivity index (χ1n) is 4.59. The Morgan fingerprint density at radius 3 is 3.00 bits per heavy atom. The van der Waals surface area contributed by atoms with E-state index in [1.54, 1.807) is 11.0 Å². The zero-order chi connectivity index (χ0) is 10.7. The van der Waals surface area contributed by atoms with Crippen molar-refractivity contribution in [3.8, 4) is 0 Å². The van der Waals surface area contributed by atoms with Crippen LogP contribution in [0, 0.1) is 0 Å². The van der Waals surface area contributed by atoms with E-state index in [1.165, 1.54) is 6.33 Å². The summed E-state index contributed by atoms with van der Waals surface area (Å²) in [6.45, 7) is 0.598. The van der Waals surface area contributed by atoms with Gasteiger partial charge in [0.25, 0.3) is 0 Å². The van der Waals surface area contributed by atoms with Gasteiger partial charge in [0.15, 0.2) is 0 Å². The Kier molecular flexibility index (Phi) is 2.99. The van der Waals surface area contributed by atoms with Crippen molar-refractivity contribution >= 4 is 11.6 Å². The standard InChI is InChI=1S/C10H11ClN4/c11-9-3-1-2-8(4-9)10(12)5-15-7-13-6-14-15/h1-4,6-7,10H,5,12H2. The first-order valence-corrected chi connectivity index (χ1v) is 4.97. The summed E-state index contributed by atoms with van der Waals surface area (Å²) in [5.41, 5.74) is 7.01. The highest BCUT2D eigenvalue weighted by atomic mass is 35.5. The first-order chi connectivity index (χ1) is 7.25. The lowest BCUT2D eigenvalue weighted by atomic mass is 10.1.